The Morgan fingerprint density at radius 1 is 1.11 bits per heavy atom. The zero-order chi connectivity index (χ0) is 25.9. The van der Waals surface area contributed by atoms with Crippen LogP contribution in [0, 0.1) is 17.8 Å². The largest absolute Gasteiger partial charge is 0.385 e. The monoisotopic (exact) mass is 496 g/mol. The zero-order valence-corrected chi connectivity index (χ0v) is 21.8. The Hall–Kier alpha value is -2.74. The van der Waals surface area contributed by atoms with Crippen molar-refractivity contribution in [3.05, 3.63) is 29.3 Å². The van der Waals surface area contributed by atoms with Crippen molar-refractivity contribution >= 4 is 29.7 Å². The van der Waals surface area contributed by atoms with Gasteiger partial charge in [0.1, 0.15) is 6.29 Å². The van der Waals surface area contributed by atoms with Crippen molar-refractivity contribution in [2.24, 2.45) is 17.8 Å². The van der Waals surface area contributed by atoms with Gasteiger partial charge in [-0.1, -0.05) is 6.92 Å². The third-order valence-electron chi connectivity index (χ3n) is 8.20. The van der Waals surface area contributed by atoms with Crippen molar-refractivity contribution in [3.8, 4) is 0 Å². The van der Waals surface area contributed by atoms with Crippen molar-refractivity contribution in [3.63, 3.8) is 0 Å². The van der Waals surface area contributed by atoms with E-state index < -0.39 is 17.9 Å². The Balaban J connectivity index is 1.27. The molecule has 8 nitrogen and oxygen atoms in total. The molecule has 2 saturated carbocycles. The summed E-state index contributed by atoms with van der Waals surface area (Å²) in [5, 5.41) is 9.68. The number of fused-ring (bicyclic) bond motifs is 3. The molecule has 1 heterocycles. The summed E-state index contributed by atoms with van der Waals surface area (Å²) in [5.74, 6) is 1.37. The van der Waals surface area contributed by atoms with Crippen LogP contribution in [0.2, 0.25) is 0 Å². The van der Waals surface area contributed by atoms with Gasteiger partial charge in [-0.15, -0.1) is 0 Å². The molecule has 2 fully saturated rings. The topological polar surface area (TPSA) is 108 Å². The van der Waals surface area contributed by atoms with Crippen LogP contribution in [0.15, 0.2) is 18.2 Å². The van der Waals surface area contributed by atoms with E-state index in [9.17, 15) is 19.2 Å². The summed E-state index contributed by atoms with van der Waals surface area (Å²) in [5.41, 5.74) is 1.59. The van der Waals surface area contributed by atoms with Gasteiger partial charge in [-0.2, -0.15) is 0 Å². The number of carbonyl (C=O) groups is 4. The fourth-order valence-electron chi connectivity index (χ4n) is 6.78. The van der Waals surface area contributed by atoms with E-state index in [1.165, 1.54) is 39.2 Å². The summed E-state index contributed by atoms with van der Waals surface area (Å²) in [6, 6.07) is 4.17. The number of anilines is 1. The lowest BCUT2D eigenvalue weighted by Crippen LogP contribution is -2.50. The molecule has 2 aliphatic carbocycles. The number of nitrogens with zero attached hydrogens (tertiary/aromatic N) is 1. The standard InChI is InChI=1S/C28H40N4O4/c1-18-11-19-13-20(12-18)16-28(2,15-19)31-10-4-9-30-21-5-7-23-24(14-21)27(36)32(26(23)35)22(17-33)6-8-25(34)29-3/h5,7,14,17-20,22,30-31H,4,6,8-13,15-16H2,1-3H3,(H,29,34). The molecule has 1 aromatic rings. The van der Waals surface area contributed by atoms with Gasteiger partial charge in [-0.05, 0) is 94.4 Å². The maximum absolute atomic E-state index is 13.0. The molecule has 0 saturated heterocycles. The van der Waals surface area contributed by atoms with Crippen LogP contribution in [0.4, 0.5) is 5.69 Å². The summed E-state index contributed by atoms with van der Waals surface area (Å²) in [7, 11) is 1.51. The second-order valence-electron chi connectivity index (χ2n) is 11.4. The van der Waals surface area contributed by atoms with Gasteiger partial charge in [-0.25, -0.2) is 0 Å². The average molecular weight is 497 g/mol. The van der Waals surface area contributed by atoms with Crippen LogP contribution >= 0.6 is 0 Å². The highest BCUT2D eigenvalue weighted by atomic mass is 16.2. The number of hydrogen-bond donors (Lipinski definition) is 3. The molecule has 0 aromatic heterocycles. The van der Waals surface area contributed by atoms with Crippen molar-refractivity contribution in [2.45, 2.75) is 76.8 Å². The summed E-state index contributed by atoms with van der Waals surface area (Å²) in [6.45, 7) is 6.46. The molecule has 3 atom stereocenters. The van der Waals surface area contributed by atoms with Crippen molar-refractivity contribution < 1.29 is 19.2 Å². The first-order chi connectivity index (χ1) is 17.2. The van der Waals surface area contributed by atoms with Gasteiger partial charge in [0.25, 0.3) is 11.8 Å². The number of imide groups is 1. The molecule has 0 radical (unpaired) electrons. The Kier molecular flexibility index (Phi) is 8.13. The minimum atomic E-state index is -0.957. The molecule has 0 spiro atoms. The lowest BCUT2D eigenvalue weighted by molar-refractivity contribution is -0.121. The van der Waals surface area contributed by atoms with Crippen LogP contribution in [0.3, 0.4) is 0 Å². The minimum absolute atomic E-state index is 0.0631. The van der Waals surface area contributed by atoms with E-state index in [4.69, 9.17) is 0 Å². The highest BCUT2D eigenvalue weighted by molar-refractivity contribution is 6.22. The summed E-state index contributed by atoms with van der Waals surface area (Å²) < 4.78 is 0. The molecule has 3 N–H and O–H groups in total. The molecule has 1 aromatic carbocycles. The molecule has 2 bridgehead atoms. The molecule has 3 aliphatic rings. The molecule has 1 aliphatic heterocycles. The second-order valence-corrected chi connectivity index (χ2v) is 11.4. The van der Waals surface area contributed by atoms with Gasteiger partial charge in [0.2, 0.25) is 5.91 Å². The number of amides is 3. The first-order valence-corrected chi connectivity index (χ1v) is 13.4. The summed E-state index contributed by atoms with van der Waals surface area (Å²) >= 11 is 0. The highest BCUT2D eigenvalue weighted by Gasteiger charge is 2.41. The van der Waals surface area contributed by atoms with E-state index in [2.05, 4.69) is 29.8 Å². The zero-order valence-electron chi connectivity index (χ0n) is 21.8. The minimum Gasteiger partial charge on any atom is -0.385 e. The van der Waals surface area contributed by atoms with E-state index in [1.54, 1.807) is 18.2 Å². The number of benzene rings is 1. The Morgan fingerprint density at radius 2 is 1.81 bits per heavy atom. The smallest absolute Gasteiger partial charge is 0.262 e. The lowest BCUT2D eigenvalue weighted by Gasteiger charge is -2.47. The first kappa shape index (κ1) is 26.3. The molecule has 4 rings (SSSR count). The van der Waals surface area contributed by atoms with Crippen LogP contribution in [0.5, 0.6) is 0 Å². The summed E-state index contributed by atoms with van der Waals surface area (Å²) in [4.78, 5) is 49.9. The molecular weight excluding hydrogens is 456 g/mol. The maximum Gasteiger partial charge on any atom is 0.262 e. The third-order valence-corrected chi connectivity index (χ3v) is 8.20. The molecule has 36 heavy (non-hydrogen) atoms. The van der Waals surface area contributed by atoms with Crippen molar-refractivity contribution in [1.82, 2.24) is 15.5 Å². The lowest BCUT2D eigenvalue weighted by atomic mass is 9.62. The van der Waals surface area contributed by atoms with Gasteiger partial charge >= 0.3 is 0 Å². The van der Waals surface area contributed by atoms with E-state index in [-0.39, 0.29) is 24.3 Å². The summed E-state index contributed by atoms with van der Waals surface area (Å²) in [6.07, 6.45) is 8.36. The Morgan fingerprint density at radius 3 is 2.47 bits per heavy atom. The van der Waals surface area contributed by atoms with Crippen molar-refractivity contribution in [1.29, 1.82) is 0 Å². The molecule has 196 valence electrons. The van der Waals surface area contributed by atoms with Crippen molar-refractivity contribution in [2.75, 3.05) is 25.5 Å². The first-order valence-electron chi connectivity index (χ1n) is 13.4. The fraction of sp³-hybridized carbons (Fsp3) is 0.643. The molecule has 8 heteroatoms. The number of aldehydes is 1. The van der Waals surface area contributed by atoms with Gasteiger partial charge in [0.15, 0.2) is 0 Å². The van der Waals surface area contributed by atoms with Crippen LogP contribution < -0.4 is 16.0 Å². The predicted octanol–water partition coefficient (Wildman–Crippen LogP) is 3.37. The molecule has 3 unspecified atom stereocenters. The second kappa shape index (κ2) is 11.1. The van der Waals surface area contributed by atoms with Gasteiger partial charge in [-0.3, -0.25) is 19.3 Å². The van der Waals surface area contributed by atoms with Gasteiger partial charge < -0.3 is 20.7 Å². The van der Waals surface area contributed by atoms with E-state index in [1.807, 2.05) is 0 Å². The van der Waals surface area contributed by atoms with Crippen LogP contribution in [0.25, 0.3) is 0 Å². The maximum atomic E-state index is 13.0. The molecular formula is C28H40N4O4. The number of hydrogen-bond acceptors (Lipinski definition) is 6. The Labute approximate surface area is 213 Å². The van der Waals surface area contributed by atoms with Gasteiger partial charge in [0, 0.05) is 31.2 Å². The Bertz CT molecular complexity index is 991. The van der Waals surface area contributed by atoms with Gasteiger partial charge in [0.05, 0.1) is 17.2 Å². The SMILES string of the molecule is CNC(=O)CCC(C=O)N1C(=O)c2ccc(NCCCNC3(C)CC4CC(C)CC(C4)C3)cc2C1=O. The quantitative estimate of drug-likeness (QED) is 0.246. The van der Waals surface area contributed by atoms with E-state index in [0.29, 0.717) is 17.4 Å². The number of rotatable bonds is 11. The predicted molar refractivity (Wildman–Crippen MR) is 139 cm³/mol. The highest BCUT2D eigenvalue weighted by Crippen LogP contribution is 2.46. The van der Waals surface area contributed by atoms with Crippen LogP contribution in [-0.2, 0) is 9.59 Å². The average Bonchev–Trinajstić information content (AvgIpc) is 3.08. The molecule has 3 amide bonds. The van der Waals surface area contributed by atoms with Crippen LogP contribution in [0.1, 0.15) is 85.9 Å². The third kappa shape index (κ3) is 5.80. The van der Waals surface area contributed by atoms with E-state index in [0.717, 1.165) is 47.9 Å². The normalized spacial score (nSPS) is 28.0. The fourth-order valence-corrected chi connectivity index (χ4v) is 6.78. The number of nitrogens with one attached hydrogen (secondary N) is 3. The van der Waals surface area contributed by atoms with Crippen LogP contribution in [-0.4, -0.2) is 60.6 Å². The van der Waals surface area contributed by atoms with E-state index >= 15 is 0 Å². The number of carbonyl (C=O) groups excluding carboxylic acids is 4.